The second-order valence-corrected chi connectivity index (χ2v) is 14.0. The summed E-state index contributed by atoms with van der Waals surface area (Å²) in [5.74, 6) is 4.46. The third-order valence-corrected chi connectivity index (χ3v) is 10.8. The fourth-order valence-electron chi connectivity index (χ4n) is 8.08. The predicted molar refractivity (Wildman–Crippen MR) is 183 cm³/mol. The minimum Gasteiger partial charge on any atom is -0.351 e. The van der Waals surface area contributed by atoms with Crippen molar-refractivity contribution in [1.82, 2.24) is 35.4 Å². The van der Waals surface area contributed by atoms with Crippen molar-refractivity contribution in [3.8, 4) is 23.5 Å². The maximum atomic E-state index is 13.9. The van der Waals surface area contributed by atoms with Crippen LogP contribution in [0.2, 0.25) is 0 Å². The summed E-state index contributed by atoms with van der Waals surface area (Å²) in [7, 11) is 1.90. The zero-order valence-corrected chi connectivity index (χ0v) is 27.6. The van der Waals surface area contributed by atoms with Crippen LogP contribution in [0.1, 0.15) is 98.0 Å². The average Bonchev–Trinajstić information content (AvgIpc) is 3.55. The van der Waals surface area contributed by atoms with E-state index in [1.807, 2.05) is 74.3 Å². The molecule has 1 aromatic carbocycles. The monoisotopic (exact) mass is 641 g/mol. The van der Waals surface area contributed by atoms with E-state index >= 15 is 0 Å². The number of rotatable bonds is 9. The number of aromatic nitrogens is 5. The van der Waals surface area contributed by atoms with Crippen molar-refractivity contribution in [2.24, 2.45) is 18.9 Å². The highest BCUT2D eigenvalue weighted by atomic mass is 16.2. The van der Waals surface area contributed by atoms with Crippen LogP contribution in [0.25, 0.3) is 11.1 Å². The third kappa shape index (κ3) is 6.89. The van der Waals surface area contributed by atoms with Gasteiger partial charge in [-0.15, -0.1) is 6.42 Å². The quantitative estimate of drug-likeness (QED) is 0.181. The molecule has 48 heavy (non-hydrogen) atoms. The molecule has 4 aromatic rings. The number of terminal acetylenes is 1. The molecule has 2 saturated carbocycles. The Hall–Kier alpha value is -4.84. The van der Waals surface area contributed by atoms with E-state index in [9.17, 15) is 9.59 Å². The first-order valence-corrected chi connectivity index (χ1v) is 17.3. The smallest absolute Gasteiger partial charge is 0.229 e. The molecule has 4 heterocycles. The van der Waals surface area contributed by atoms with Crippen LogP contribution in [0, 0.1) is 24.2 Å². The summed E-state index contributed by atoms with van der Waals surface area (Å²) in [5.41, 5.74) is 5.64. The molecular formula is C39H43N7O2. The number of carbonyl (C=O) groups excluding carboxylic acids is 2. The van der Waals surface area contributed by atoms with Crippen LogP contribution < -0.4 is 10.6 Å². The number of nitrogens with one attached hydrogen (secondary N) is 2. The summed E-state index contributed by atoms with van der Waals surface area (Å²) in [6.07, 6.45) is 22.6. The van der Waals surface area contributed by atoms with Crippen molar-refractivity contribution in [1.29, 1.82) is 0 Å². The van der Waals surface area contributed by atoms with Gasteiger partial charge in [-0.05, 0) is 74.8 Å². The number of carbonyl (C=O) groups is 2. The molecule has 9 heteroatoms. The van der Waals surface area contributed by atoms with Crippen LogP contribution in [0.5, 0.6) is 0 Å². The second kappa shape index (κ2) is 13.7. The molecule has 3 aromatic heterocycles. The maximum Gasteiger partial charge on any atom is 0.229 e. The Kier molecular flexibility index (Phi) is 9.07. The van der Waals surface area contributed by atoms with E-state index in [1.165, 1.54) is 0 Å². The number of β-lactam (4-membered cyclic amide) rings is 1. The molecule has 2 amide bonds. The van der Waals surface area contributed by atoms with E-state index in [1.54, 1.807) is 4.68 Å². The normalized spacial score (nSPS) is 24.2. The van der Waals surface area contributed by atoms with Crippen molar-refractivity contribution in [3.63, 3.8) is 0 Å². The Morgan fingerprint density at radius 1 is 1.02 bits per heavy atom. The van der Waals surface area contributed by atoms with Gasteiger partial charge in [0.1, 0.15) is 5.82 Å². The van der Waals surface area contributed by atoms with Gasteiger partial charge >= 0.3 is 0 Å². The van der Waals surface area contributed by atoms with E-state index in [4.69, 9.17) is 21.4 Å². The van der Waals surface area contributed by atoms with E-state index in [0.29, 0.717) is 24.8 Å². The van der Waals surface area contributed by atoms with Crippen LogP contribution in [0.15, 0.2) is 67.3 Å². The zero-order chi connectivity index (χ0) is 33.1. The molecule has 2 N–H and O–H groups in total. The first-order valence-electron chi connectivity index (χ1n) is 17.3. The summed E-state index contributed by atoms with van der Waals surface area (Å²) in [4.78, 5) is 40.0. The highest BCUT2D eigenvalue weighted by molar-refractivity contribution is 5.85. The maximum absolute atomic E-state index is 13.9. The minimum absolute atomic E-state index is 0.00830. The topological polar surface area (TPSA) is 115 Å². The molecular weight excluding hydrogens is 598 g/mol. The van der Waals surface area contributed by atoms with Gasteiger partial charge in [0.05, 0.1) is 29.1 Å². The number of nitrogens with zero attached hydrogens (tertiary/aromatic N) is 5. The van der Waals surface area contributed by atoms with Crippen LogP contribution in [0.4, 0.5) is 0 Å². The lowest BCUT2D eigenvalue weighted by Crippen LogP contribution is -2.62. The van der Waals surface area contributed by atoms with Crippen LogP contribution in [-0.4, -0.2) is 42.1 Å². The molecule has 7 rings (SSSR count). The van der Waals surface area contributed by atoms with Gasteiger partial charge in [-0.2, -0.15) is 5.10 Å². The van der Waals surface area contributed by atoms with Gasteiger partial charge in [0.15, 0.2) is 0 Å². The number of pyridine rings is 1. The van der Waals surface area contributed by atoms with Gasteiger partial charge in [0.2, 0.25) is 11.8 Å². The average molecular weight is 642 g/mol. The molecule has 0 bridgehead atoms. The Labute approximate surface area is 282 Å². The van der Waals surface area contributed by atoms with E-state index in [0.717, 1.165) is 97.3 Å². The molecule has 1 spiro atoms. The lowest BCUT2D eigenvalue weighted by Gasteiger charge is -2.47. The number of benzene rings is 1. The molecule has 2 aliphatic carbocycles. The molecule has 1 aliphatic heterocycles. The Bertz CT molecular complexity index is 1780. The number of hydrogen-bond acceptors (Lipinski definition) is 6. The van der Waals surface area contributed by atoms with Gasteiger partial charge < -0.3 is 10.6 Å². The standard InChI is InChI=1S/C39H43N7O2/c1-3-28-22-41-34(44-37(28)30-15-17-39(18-16-30)20-35(47)45-39)19-26-9-11-29(12-10-26)36(38(48)42-21-27-7-5-4-6-8-27)33-14-13-31(23-40-33)32-24-43-46(2)25-32/h1,4-8,13-14,22-26,29-30,36H,9-12,15-21H2,2H3,(H,42,48)(H,45,47). The summed E-state index contributed by atoms with van der Waals surface area (Å²) >= 11 is 0. The Morgan fingerprint density at radius 3 is 2.44 bits per heavy atom. The van der Waals surface area contributed by atoms with Crippen molar-refractivity contribution in [2.75, 3.05) is 0 Å². The van der Waals surface area contributed by atoms with Gasteiger partial charge in [-0.25, -0.2) is 9.97 Å². The van der Waals surface area contributed by atoms with Gasteiger partial charge in [-0.3, -0.25) is 19.3 Å². The highest BCUT2D eigenvalue weighted by Crippen LogP contribution is 2.43. The van der Waals surface area contributed by atoms with Crippen LogP contribution in [0.3, 0.4) is 0 Å². The SMILES string of the molecule is C#Cc1cnc(CC2CCC(C(C(=O)NCc3ccccc3)c3ccc(-c4cnn(C)c4)cn3)CC2)nc1C1CCC2(CC1)CC(=O)N2. The largest absolute Gasteiger partial charge is 0.351 e. The first-order chi connectivity index (χ1) is 23.4. The fraction of sp³-hybridized carbons (Fsp3) is 0.436. The van der Waals surface area contributed by atoms with Gasteiger partial charge in [0, 0.05) is 67.6 Å². The summed E-state index contributed by atoms with van der Waals surface area (Å²) in [5, 5.41) is 10.6. The van der Waals surface area contributed by atoms with Crippen molar-refractivity contribution in [3.05, 3.63) is 95.6 Å². The molecule has 1 saturated heterocycles. The molecule has 246 valence electrons. The predicted octanol–water partition coefficient (Wildman–Crippen LogP) is 5.62. The van der Waals surface area contributed by atoms with Gasteiger partial charge in [-0.1, -0.05) is 42.3 Å². The zero-order valence-electron chi connectivity index (χ0n) is 27.6. The summed E-state index contributed by atoms with van der Waals surface area (Å²) in [6, 6.07) is 14.1. The summed E-state index contributed by atoms with van der Waals surface area (Å²) < 4.78 is 1.78. The molecule has 1 unspecified atom stereocenters. The van der Waals surface area contributed by atoms with E-state index in [-0.39, 0.29) is 29.2 Å². The van der Waals surface area contributed by atoms with Crippen molar-refractivity contribution < 1.29 is 9.59 Å². The molecule has 3 fully saturated rings. The molecule has 0 radical (unpaired) electrons. The lowest BCUT2D eigenvalue weighted by molar-refractivity contribution is -0.134. The molecule has 1 atom stereocenters. The Morgan fingerprint density at radius 2 is 1.79 bits per heavy atom. The minimum atomic E-state index is -0.328. The van der Waals surface area contributed by atoms with Crippen LogP contribution in [-0.2, 0) is 29.6 Å². The lowest BCUT2D eigenvalue weighted by atomic mass is 9.70. The molecule has 9 nitrogen and oxygen atoms in total. The van der Waals surface area contributed by atoms with Gasteiger partial charge in [0.25, 0.3) is 0 Å². The number of aryl methyl sites for hydroxylation is 1. The van der Waals surface area contributed by atoms with Crippen molar-refractivity contribution in [2.45, 2.75) is 88.1 Å². The number of amides is 2. The van der Waals surface area contributed by atoms with Crippen LogP contribution >= 0.6 is 0 Å². The molecule has 3 aliphatic rings. The second-order valence-electron chi connectivity index (χ2n) is 14.0. The number of hydrogen-bond donors (Lipinski definition) is 2. The third-order valence-electron chi connectivity index (χ3n) is 10.8. The highest BCUT2D eigenvalue weighted by Gasteiger charge is 2.45. The Balaban J connectivity index is 1.02. The van der Waals surface area contributed by atoms with Crippen molar-refractivity contribution >= 4 is 11.8 Å². The first kappa shape index (κ1) is 31.7. The fourth-order valence-corrected chi connectivity index (χ4v) is 8.08. The van der Waals surface area contributed by atoms with E-state index < -0.39 is 0 Å². The van der Waals surface area contributed by atoms with E-state index in [2.05, 4.69) is 21.7 Å². The summed E-state index contributed by atoms with van der Waals surface area (Å²) in [6.45, 7) is 0.489.